The number of benzene rings is 1. The van der Waals surface area contributed by atoms with E-state index in [1.807, 2.05) is 23.6 Å². The van der Waals surface area contributed by atoms with Gasteiger partial charge in [0.1, 0.15) is 11.6 Å². The minimum absolute atomic E-state index is 0.263. The highest BCUT2D eigenvalue weighted by Crippen LogP contribution is 2.24. The number of aromatic nitrogens is 3. The summed E-state index contributed by atoms with van der Waals surface area (Å²) >= 11 is 0. The maximum absolute atomic E-state index is 13.6. The van der Waals surface area contributed by atoms with Gasteiger partial charge in [0.25, 0.3) is 0 Å². The lowest BCUT2D eigenvalue weighted by molar-refractivity contribution is 0.144. The molecular weight excluding hydrogens is 345 g/mol. The van der Waals surface area contributed by atoms with Crippen LogP contribution in [0.2, 0.25) is 0 Å². The quantitative estimate of drug-likeness (QED) is 0.692. The van der Waals surface area contributed by atoms with Crippen LogP contribution in [0.3, 0.4) is 0 Å². The van der Waals surface area contributed by atoms with Gasteiger partial charge in [-0.05, 0) is 19.1 Å². The number of rotatable bonds is 5. The summed E-state index contributed by atoms with van der Waals surface area (Å²) in [5.74, 6) is 0.771. The summed E-state index contributed by atoms with van der Waals surface area (Å²) < 4.78 is 20.6. The van der Waals surface area contributed by atoms with Crippen LogP contribution in [0.15, 0.2) is 36.4 Å². The molecule has 0 N–H and O–H groups in total. The van der Waals surface area contributed by atoms with E-state index in [0.717, 1.165) is 67.7 Å². The summed E-state index contributed by atoms with van der Waals surface area (Å²) in [6.45, 7) is 7.55. The number of anilines is 1. The molecule has 0 aliphatic carbocycles. The van der Waals surface area contributed by atoms with Crippen molar-refractivity contribution in [2.75, 3.05) is 51.3 Å². The third-order valence-electron chi connectivity index (χ3n) is 4.96. The zero-order valence-electron chi connectivity index (χ0n) is 15.7. The van der Waals surface area contributed by atoms with Crippen molar-refractivity contribution in [1.82, 2.24) is 19.5 Å². The molecule has 1 saturated heterocycles. The lowest BCUT2D eigenvalue weighted by Gasteiger charge is -2.35. The summed E-state index contributed by atoms with van der Waals surface area (Å²) in [7, 11) is 1.74. The number of hydrogen-bond donors (Lipinski definition) is 0. The Morgan fingerprint density at radius 2 is 1.93 bits per heavy atom. The standard InChI is InChI=1S/C20H24FN5O/c1-15-12-20(25-8-6-24(7-9-25)10-11-27-2)26-19(22-15)14-18(23-26)16-4-3-5-17(21)13-16/h3-5,12-14H,6-11H2,1-2H3. The highest BCUT2D eigenvalue weighted by atomic mass is 19.1. The van der Waals surface area contributed by atoms with Crippen LogP contribution in [0.4, 0.5) is 10.2 Å². The fourth-order valence-corrected chi connectivity index (χ4v) is 3.52. The second-order valence-corrected chi connectivity index (χ2v) is 6.89. The number of ether oxygens (including phenoxy) is 1. The fourth-order valence-electron chi connectivity index (χ4n) is 3.52. The van der Waals surface area contributed by atoms with Crippen molar-refractivity contribution in [3.05, 3.63) is 47.9 Å². The molecule has 0 amide bonds. The number of piperazine rings is 1. The normalized spacial score (nSPS) is 15.6. The molecule has 142 valence electrons. The maximum Gasteiger partial charge on any atom is 0.158 e. The minimum atomic E-state index is -0.263. The molecule has 7 heteroatoms. The lowest BCUT2D eigenvalue weighted by Crippen LogP contribution is -2.47. The van der Waals surface area contributed by atoms with Crippen LogP contribution in [0.1, 0.15) is 5.69 Å². The molecule has 2 aromatic heterocycles. The monoisotopic (exact) mass is 369 g/mol. The van der Waals surface area contributed by atoms with Gasteiger partial charge in [0.2, 0.25) is 0 Å². The summed E-state index contributed by atoms with van der Waals surface area (Å²) in [4.78, 5) is 9.36. The number of fused-ring (bicyclic) bond motifs is 1. The second kappa shape index (κ2) is 7.62. The highest BCUT2D eigenvalue weighted by Gasteiger charge is 2.20. The number of methoxy groups -OCH3 is 1. The van der Waals surface area contributed by atoms with Crippen molar-refractivity contribution in [2.24, 2.45) is 0 Å². The van der Waals surface area contributed by atoms with Gasteiger partial charge in [-0.1, -0.05) is 12.1 Å². The Morgan fingerprint density at radius 1 is 1.11 bits per heavy atom. The first-order valence-electron chi connectivity index (χ1n) is 9.23. The number of hydrogen-bond acceptors (Lipinski definition) is 5. The molecule has 1 aliphatic rings. The van der Waals surface area contributed by atoms with Gasteiger partial charge in [-0.15, -0.1) is 0 Å². The fraction of sp³-hybridized carbons (Fsp3) is 0.400. The predicted molar refractivity (Wildman–Crippen MR) is 104 cm³/mol. The van der Waals surface area contributed by atoms with Crippen LogP contribution in [0.5, 0.6) is 0 Å². The van der Waals surface area contributed by atoms with Gasteiger partial charge in [0.15, 0.2) is 5.65 Å². The highest BCUT2D eigenvalue weighted by molar-refractivity contribution is 5.66. The summed E-state index contributed by atoms with van der Waals surface area (Å²) in [5, 5.41) is 4.72. The molecule has 6 nitrogen and oxygen atoms in total. The first kappa shape index (κ1) is 17.9. The van der Waals surface area contributed by atoms with Crippen LogP contribution in [0, 0.1) is 12.7 Å². The van der Waals surface area contributed by atoms with E-state index in [-0.39, 0.29) is 5.82 Å². The van der Waals surface area contributed by atoms with Gasteiger partial charge >= 0.3 is 0 Å². The summed E-state index contributed by atoms with van der Waals surface area (Å²) in [5.41, 5.74) is 3.22. The van der Waals surface area contributed by atoms with Gasteiger partial charge in [-0.25, -0.2) is 9.37 Å². The van der Waals surface area contributed by atoms with Crippen LogP contribution < -0.4 is 4.90 Å². The average Bonchev–Trinajstić information content (AvgIpc) is 3.10. The predicted octanol–water partition coefficient (Wildman–Crippen LogP) is 2.61. The first-order chi connectivity index (χ1) is 13.1. The summed E-state index contributed by atoms with van der Waals surface area (Å²) in [6.07, 6.45) is 0. The Balaban J connectivity index is 1.63. The van der Waals surface area contributed by atoms with E-state index >= 15 is 0 Å². The van der Waals surface area contributed by atoms with Crippen LogP contribution in [-0.2, 0) is 4.74 Å². The molecule has 4 rings (SSSR count). The molecule has 1 fully saturated rings. The lowest BCUT2D eigenvalue weighted by atomic mass is 10.1. The Labute approximate surface area is 158 Å². The molecule has 1 aliphatic heterocycles. The zero-order valence-corrected chi connectivity index (χ0v) is 15.7. The molecule has 0 bridgehead atoms. The SMILES string of the molecule is COCCN1CCN(c2cc(C)nc3cc(-c4cccc(F)c4)nn23)CC1. The average molecular weight is 369 g/mol. The van der Waals surface area contributed by atoms with E-state index in [0.29, 0.717) is 0 Å². The number of halogens is 1. The van der Waals surface area contributed by atoms with Crippen molar-refractivity contribution in [1.29, 1.82) is 0 Å². The van der Waals surface area contributed by atoms with E-state index < -0.39 is 0 Å². The van der Waals surface area contributed by atoms with Crippen molar-refractivity contribution >= 4 is 11.5 Å². The van der Waals surface area contributed by atoms with Gasteiger partial charge in [0.05, 0.1) is 12.3 Å². The molecule has 27 heavy (non-hydrogen) atoms. The molecule has 3 aromatic rings. The van der Waals surface area contributed by atoms with Crippen molar-refractivity contribution in [2.45, 2.75) is 6.92 Å². The molecule has 1 aromatic carbocycles. The minimum Gasteiger partial charge on any atom is -0.383 e. The van der Waals surface area contributed by atoms with Crippen LogP contribution in [0.25, 0.3) is 16.9 Å². The molecule has 0 saturated carbocycles. The molecular formula is C20H24FN5O. The second-order valence-electron chi connectivity index (χ2n) is 6.89. The smallest absolute Gasteiger partial charge is 0.158 e. The summed E-state index contributed by atoms with van der Waals surface area (Å²) in [6, 6.07) is 10.5. The van der Waals surface area contributed by atoms with Gasteiger partial charge in [-0.3, -0.25) is 4.90 Å². The molecule has 3 heterocycles. The number of nitrogens with zero attached hydrogens (tertiary/aromatic N) is 5. The Kier molecular flexibility index (Phi) is 5.05. The van der Waals surface area contributed by atoms with Gasteiger partial charge in [-0.2, -0.15) is 9.61 Å². The number of aryl methyl sites for hydroxylation is 1. The topological polar surface area (TPSA) is 45.9 Å². The Hall–Kier alpha value is -2.51. The molecule has 0 spiro atoms. The zero-order chi connectivity index (χ0) is 18.8. The van der Waals surface area contributed by atoms with Gasteiger partial charge < -0.3 is 9.64 Å². The van der Waals surface area contributed by atoms with E-state index in [9.17, 15) is 4.39 Å². The Bertz CT molecular complexity index is 933. The van der Waals surface area contributed by atoms with E-state index in [1.165, 1.54) is 12.1 Å². The maximum atomic E-state index is 13.6. The first-order valence-corrected chi connectivity index (χ1v) is 9.23. The van der Waals surface area contributed by atoms with E-state index in [2.05, 4.69) is 20.9 Å². The van der Waals surface area contributed by atoms with Crippen LogP contribution in [-0.4, -0.2) is 65.9 Å². The largest absolute Gasteiger partial charge is 0.383 e. The molecule has 0 atom stereocenters. The van der Waals surface area contributed by atoms with Crippen molar-refractivity contribution in [3.63, 3.8) is 0 Å². The van der Waals surface area contributed by atoms with Crippen molar-refractivity contribution < 1.29 is 9.13 Å². The van der Waals surface area contributed by atoms with Crippen LogP contribution >= 0.6 is 0 Å². The van der Waals surface area contributed by atoms with Crippen molar-refractivity contribution in [3.8, 4) is 11.3 Å². The Morgan fingerprint density at radius 3 is 2.67 bits per heavy atom. The van der Waals surface area contributed by atoms with E-state index in [4.69, 9.17) is 9.84 Å². The molecule has 0 unspecified atom stereocenters. The van der Waals surface area contributed by atoms with E-state index in [1.54, 1.807) is 13.2 Å². The third-order valence-corrected chi connectivity index (χ3v) is 4.96. The molecule has 0 radical (unpaired) electrons. The van der Waals surface area contributed by atoms with Gasteiger partial charge in [0, 0.05) is 63.2 Å². The third kappa shape index (κ3) is 3.79.